The summed E-state index contributed by atoms with van der Waals surface area (Å²) >= 11 is 0. The van der Waals surface area contributed by atoms with Gasteiger partial charge in [0.05, 0.1) is 6.61 Å². The molecule has 7 nitrogen and oxygen atoms in total. The molecule has 3 rings (SSSR count). The van der Waals surface area contributed by atoms with E-state index in [2.05, 4.69) is 25.3 Å². The Morgan fingerprint density at radius 3 is 2.30 bits per heavy atom. The van der Waals surface area contributed by atoms with Gasteiger partial charge in [-0.2, -0.15) is 15.0 Å². The van der Waals surface area contributed by atoms with Gasteiger partial charge >= 0.3 is 6.01 Å². The second-order valence-corrected chi connectivity index (χ2v) is 5.61. The van der Waals surface area contributed by atoms with Gasteiger partial charge in [0.1, 0.15) is 0 Å². The highest BCUT2D eigenvalue weighted by Gasteiger charge is 2.30. The van der Waals surface area contributed by atoms with Crippen LogP contribution in [-0.2, 0) is 0 Å². The van der Waals surface area contributed by atoms with Crippen molar-refractivity contribution in [2.24, 2.45) is 17.7 Å². The highest BCUT2D eigenvalue weighted by Crippen LogP contribution is 2.35. The molecule has 0 spiro atoms. The Bertz CT molecular complexity index is 446. The largest absolute Gasteiger partial charge is 0.464 e. The Hall–Kier alpha value is -1.63. The number of rotatable bonds is 8. The molecular weight excluding hydrogens is 256 g/mol. The molecular formula is C13H22N6O. The number of hydrazine groups is 1. The van der Waals surface area contributed by atoms with Crippen molar-refractivity contribution in [3.05, 3.63) is 0 Å². The number of nitrogen functional groups attached to an aromatic ring is 1. The van der Waals surface area contributed by atoms with Gasteiger partial charge in [0.2, 0.25) is 11.9 Å². The zero-order valence-electron chi connectivity index (χ0n) is 11.9. The third kappa shape index (κ3) is 3.47. The summed E-state index contributed by atoms with van der Waals surface area (Å²) in [4.78, 5) is 15.2. The molecule has 0 aliphatic heterocycles. The van der Waals surface area contributed by atoms with Crippen LogP contribution in [-0.4, -0.2) is 34.6 Å². The quantitative estimate of drug-likeness (QED) is 0.545. The molecule has 20 heavy (non-hydrogen) atoms. The van der Waals surface area contributed by atoms with Crippen LogP contribution >= 0.6 is 0 Å². The van der Waals surface area contributed by atoms with Gasteiger partial charge in [0.25, 0.3) is 0 Å². The number of nitrogens with two attached hydrogens (primary N) is 1. The minimum atomic E-state index is 0.335. The molecule has 1 aromatic rings. The molecule has 2 aliphatic carbocycles. The molecule has 1 aromatic heterocycles. The van der Waals surface area contributed by atoms with Gasteiger partial charge in [0.15, 0.2) is 0 Å². The predicted molar refractivity (Wildman–Crippen MR) is 76.5 cm³/mol. The van der Waals surface area contributed by atoms with Gasteiger partial charge in [-0.05, 0) is 44.4 Å². The third-order valence-corrected chi connectivity index (χ3v) is 3.64. The third-order valence-electron chi connectivity index (χ3n) is 3.64. The van der Waals surface area contributed by atoms with E-state index in [1.807, 2.05) is 6.92 Å². The van der Waals surface area contributed by atoms with E-state index in [1.165, 1.54) is 25.7 Å². The summed E-state index contributed by atoms with van der Waals surface area (Å²) in [5, 5.41) is 0. The lowest BCUT2D eigenvalue weighted by atomic mass is 10.3. The van der Waals surface area contributed by atoms with E-state index in [0.29, 0.717) is 24.5 Å². The smallest absolute Gasteiger partial charge is 0.323 e. The molecule has 2 saturated carbocycles. The van der Waals surface area contributed by atoms with Crippen molar-refractivity contribution < 1.29 is 4.74 Å². The fourth-order valence-corrected chi connectivity index (χ4v) is 2.21. The molecule has 0 saturated heterocycles. The Labute approximate surface area is 118 Å². The highest BCUT2D eigenvalue weighted by molar-refractivity contribution is 5.38. The van der Waals surface area contributed by atoms with Crippen LogP contribution < -0.4 is 20.9 Å². The second-order valence-electron chi connectivity index (χ2n) is 5.61. The Balaban J connectivity index is 1.80. The van der Waals surface area contributed by atoms with Crippen LogP contribution in [0.5, 0.6) is 6.01 Å². The van der Waals surface area contributed by atoms with Crippen molar-refractivity contribution >= 4 is 11.9 Å². The van der Waals surface area contributed by atoms with Gasteiger partial charge in [0, 0.05) is 13.1 Å². The van der Waals surface area contributed by atoms with Crippen molar-refractivity contribution in [1.29, 1.82) is 0 Å². The van der Waals surface area contributed by atoms with Crippen molar-refractivity contribution in [1.82, 2.24) is 15.0 Å². The lowest BCUT2D eigenvalue weighted by Crippen LogP contribution is -2.30. The van der Waals surface area contributed by atoms with Crippen LogP contribution in [0.3, 0.4) is 0 Å². The number of ether oxygens (including phenoxy) is 1. The van der Waals surface area contributed by atoms with E-state index < -0.39 is 0 Å². The van der Waals surface area contributed by atoms with Crippen LogP contribution in [0.15, 0.2) is 0 Å². The van der Waals surface area contributed by atoms with Crippen molar-refractivity contribution in [2.45, 2.75) is 32.6 Å². The predicted octanol–water partition coefficient (Wildman–Crippen LogP) is 1.18. The maximum absolute atomic E-state index is 5.43. The normalized spacial score (nSPS) is 17.9. The summed E-state index contributed by atoms with van der Waals surface area (Å²) in [5.41, 5.74) is 2.49. The van der Waals surface area contributed by atoms with E-state index in [1.54, 1.807) is 0 Å². The minimum Gasteiger partial charge on any atom is -0.464 e. The Morgan fingerprint density at radius 1 is 1.15 bits per heavy atom. The minimum absolute atomic E-state index is 0.335. The summed E-state index contributed by atoms with van der Waals surface area (Å²) in [5.74, 6) is 8.04. The Kier molecular flexibility index (Phi) is 3.86. The van der Waals surface area contributed by atoms with E-state index in [9.17, 15) is 0 Å². The van der Waals surface area contributed by atoms with E-state index in [-0.39, 0.29) is 0 Å². The van der Waals surface area contributed by atoms with Crippen molar-refractivity contribution in [3.8, 4) is 6.01 Å². The monoisotopic (exact) mass is 278 g/mol. The zero-order chi connectivity index (χ0) is 13.9. The van der Waals surface area contributed by atoms with Crippen LogP contribution in [0, 0.1) is 11.8 Å². The molecule has 0 amide bonds. The lowest BCUT2D eigenvalue weighted by Gasteiger charge is -2.23. The number of aromatic nitrogens is 3. The van der Waals surface area contributed by atoms with Crippen LogP contribution in [0.25, 0.3) is 0 Å². The molecule has 0 bridgehead atoms. The second kappa shape index (κ2) is 5.78. The topological polar surface area (TPSA) is 89.2 Å². The van der Waals surface area contributed by atoms with Gasteiger partial charge in [-0.3, -0.25) is 5.43 Å². The molecule has 2 fully saturated rings. The number of anilines is 2. The lowest BCUT2D eigenvalue weighted by molar-refractivity contribution is 0.312. The molecule has 3 N–H and O–H groups in total. The van der Waals surface area contributed by atoms with Crippen molar-refractivity contribution in [2.75, 3.05) is 30.0 Å². The summed E-state index contributed by atoms with van der Waals surface area (Å²) < 4.78 is 5.40. The summed E-state index contributed by atoms with van der Waals surface area (Å²) in [7, 11) is 0. The maximum Gasteiger partial charge on any atom is 0.323 e. The van der Waals surface area contributed by atoms with Crippen LogP contribution in [0.2, 0.25) is 0 Å². The van der Waals surface area contributed by atoms with Crippen LogP contribution in [0.1, 0.15) is 32.6 Å². The number of nitrogens with zero attached hydrogens (tertiary/aromatic N) is 4. The zero-order valence-corrected chi connectivity index (χ0v) is 11.9. The van der Waals surface area contributed by atoms with E-state index in [0.717, 1.165) is 24.9 Å². The number of hydrogen-bond donors (Lipinski definition) is 2. The molecule has 0 atom stereocenters. The molecule has 1 heterocycles. The molecule has 110 valence electrons. The maximum atomic E-state index is 5.43. The first-order valence-corrected chi connectivity index (χ1v) is 7.39. The number of hydrogen-bond acceptors (Lipinski definition) is 7. The molecule has 7 heteroatoms. The van der Waals surface area contributed by atoms with Gasteiger partial charge < -0.3 is 9.64 Å². The van der Waals surface area contributed by atoms with E-state index in [4.69, 9.17) is 10.6 Å². The first kappa shape index (κ1) is 13.4. The van der Waals surface area contributed by atoms with Crippen molar-refractivity contribution in [3.63, 3.8) is 0 Å². The summed E-state index contributed by atoms with van der Waals surface area (Å²) in [6, 6.07) is 0.335. The summed E-state index contributed by atoms with van der Waals surface area (Å²) in [6.07, 6.45) is 5.25. The average Bonchev–Trinajstić information content (AvgIpc) is 3.33. The first-order valence-electron chi connectivity index (χ1n) is 7.39. The standard InChI is InChI=1S/C13H22N6O/c1-2-20-13-16-11(18-14)15-12(17-13)19(7-9-3-4-9)8-10-5-6-10/h9-10H,2-8,14H2,1H3,(H,15,16,17,18). The fraction of sp³-hybridized carbons (Fsp3) is 0.769. The highest BCUT2D eigenvalue weighted by atomic mass is 16.5. The molecule has 0 aromatic carbocycles. The Morgan fingerprint density at radius 2 is 1.80 bits per heavy atom. The average molecular weight is 278 g/mol. The van der Waals surface area contributed by atoms with Gasteiger partial charge in [-0.15, -0.1) is 0 Å². The van der Waals surface area contributed by atoms with Gasteiger partial charge in [-0.1, -0.05) is 0 Å². The summed E-state index contributed by atoms with van der Waals surface area (Å²) in [6.45, 7) is 4.48. The van der Waals surface area contributed by atoms with Gasteiger partial charge in [-0.25, -0.2) is 5.84 Å². The van der Waals surface area contributed by atoms with E-state index >= 15 is 0 Å². The first-order chi connectivity index (χ1) is 9.78. The SMILES string of the molecule is CCOc1nc(NN)nc(N(CC2CC2)CC2CC2)n1. The van der Waals surface area contributed by atoms with Crippen LogP contribution in [0.4, 0.5) is 11.9 Å². The molecule has 0 radical (unpaired) electrons. The molecule has 0 unspecified atom stereocenters. The fourth-order valence-electron chi connectivity index (χ4n) is 2.21. The molecule has 2 aliphatic rings. The number of nitrogens with one attached hydrogen (secondary N) is 1.